The lowest BCUT2D eigenvalue weighted by Crippen LogP contribution is -2.24. The third-order valence-corrected chi connectivity index (χ3v) is 3.69. The van der Waals surface area contributed by atoms with Crippen LogP contribution >= 0.6 is 11.6 Å². The van der Waals surface area contributed by atoms with E-state index in [1.54, 1.807) is 6.26 Å². The number of rotatable bonds is 6. The van der Waals surface area contributed by atoms with E-state index in [-0.39, 0.29) is 6.04 Å². The number of nitrogens with zero attached hydrogens (tertiary/aromatic N) is 1. The number of fused-ring (bicyclic) bond motifs is 1. The van der Waals surface area contributed by atoms with Crippen molar-refractivity contribution >= 4 is 22.7 Å². The van der Waals surface area contributed by atoms with Crippen molar-refractivity contribution in [1.82, 2.24) is 10.3 Å². The summed E-state index contributed by atoms with van der Waals surface area (Å²) in [6, 6.07) is 9.68. The average molecular weight is 305 g/mol. The van der Waals surface area contributed by atoms with E-state index >= 15 is 0 Å². The Hall–Kier alpha value is -1.78. The van der Waals surface area contributed by atoms with Crippen LogP contribution in [0.25, 0.3) is 11.1 Å². The maximum atomic E-state index is 6.10. The van der Waals surface area contributed by atoms with Crippen LogP contribution in [0.2, 0.25) is 5.22 Å². The smallest absolute Gasteiger partial charge is 0.197 e. The summed E-state index contributed by atoms with van der Waals surface area (Å²) < 4.78 is 11.0. The molecule has 1 aromatic carbocycles. The summed E-state index contributed by atoms with van der Waals surface area (Å²) >= 11 is 6.10. The van der Waals surface area contributed by atoms with Crippen molar-refractivity contribution in [3.63, 3.8) is 0 Å². The number of hydrogen-bond donors (Lipinski definition) is 1. The molecule has 4 nitrogen and oxygen atoms in total. The highest BCUT2D eigenvalue weighted by atomic mass is 35.5. The fraction of sp³-hybridized carbons (Fsp3) is 0.312. The molecule has 1 atom stereocenters. The standard InChI is InChI=1S/C16H17ClN2O2/c1-2-8-18-13(11-7-9-20-16(11)17)10-15-19-12-5-3-4-6-14(12)21-15/h3-7,9,13,18H,2,8,10H2,1H3. The van der Waals surface area contributed by atoms with Crippen LogP contribution in [-0.2, 0) is 6.42 Å². The van der Waals surface area contributed by atoms with Crippen molar-refractivity contribution in [2.45, 2.75) is 25.8 Å². The van der Waals surface area contributed by atoms with Gasteiger partial charge in [-0.25, -0.2) is 4.98 Å². The molecule has 5 heteroatoms. The monoisotopic (exact) mass is 304 g/mol. The molecule has 0 aliphatic carbocycles. The number of halogens is 1. The van der Waals surface area contributed by atoms with Crippen LogP contribution in [-0.4, -0.2) is 11.5 Å². The van der Waals surface area contributed by atoms with Gasteiger partial charge in [0.1, 0.15) is 5.52 Å². The van der Waals surface area contributed by atoms with E-state index in [9.17, 15) is 0 Å². The molecule has 0 bridgehead atoms. The maximum absolute atomic E-state index is 6.10. The first-order chi connectivity index (χ1) is 10.3. The second-order valence-corrected chi connectivity index (χ2v) is 5.28. The Kier molecular flexibility index (Phi) is 4.27. The van der Waals surface area contributed by atoms with E-state index in [0.717, 1.165) is 29.6 Å². The Morgan fingerprint density at radius 3 is 2.86 bits per heavy atom. The third kappa shape index (κ3) is 3.12. The summed E-state index contributed by atoms with van der Waals surface area (Å²) in [5.74, 6) is 0.696. The van der Waals surface area contributed by atoms with E-state index in [2.05, 4.69) is 17.2 Å². The fourth-order valence-electron chi connectivity index (χ4n) is 2.35. The highest BCUT2D eigenvalue weighted by molar-refractivity contribution is 6.29. The highest BCUT2D eigenvalue weighted by Gasteiger charge is 2.19. The van der Waals surface area contributed by atoms with Gasteiger partial charge >= 0.3 is 0 Å². The number of benzene rings is 1. The van der Waals surface area contributed by atoms with Gasteiger partial charge in [-0.3, -0.25) is 0 Å². The zero-order valence-electron chi connectivity index (χ0n) is 11.8. The lowest BCUT2D eigenvalue weighted by Gasteiger charge is -2.15. The molecule has 0 fully saturated rings. The molecule has 3 rings (SSSR count). The van der Waals surface area contributed by atoms with Crippen molar-refractivity contribution in [1.29, 1.82) is 0 Å². The number of aromatic nitrogens is 1. The Bertz CT molecular complexity index is 687. The summed E-state index contributed by atoms with van der Waals surface area (Å²) in [7, 11) is 0. The van der Waals surface area contributed by atoms with E-state index in [4.69, 9.17) is 20.4 Å². The predicted octanol–water partition coefficient (Wildman–Crippen LogP) is 4.36. The molecule has 0 saturated heterocycles. The van der Waals surface area contributed by atoms with Crippen LogP contribution in [0.3, 0.4) is 0 Å². The molecule has 2 heterocycles. The summed E-state index contributed by atoms with van der Waals surface area (Å²) in [6.45, 7) is 3.02. The molecule has 0 aliphatic heterocycles. The van der Waals surface area contributed by atoms with Crippen LogP contribution in [0.15, 0.2) is 45.4 Å². The first kappa shape index (κ1) is 14.2. The minimum atomic E-state index is 0.0317. The van der Waals surface area contributed by atoms with Gasteiger partial charge in [-0.15, -0.1) is 0 Å². The van der Waals surface area contributed by atoms with Crippen LogP contribution < -0.4 is 5.32 Å². The third-order valence-electron chi connectivity index (χ3n) is 3.38. The van der Waals surface area contributed by atoms with Gasteiger partial charge in [-0.2, -0.15) is 0 Å². The van der Waals surface area contributed by atoms with E-state index < -0.39 is 0 Å². The van der Waals surface area contributed by atoms with Gasteiger partial charge in [-0.05, 0) is 42.8 Å². The lowest BCUT2D eigenvalue weighted by atomic mass is 10.1. The van der Waals surface area contributed by atoms with Gasteiger partial charge in [0, 0.05) is 18.0 Å². The molecule has 0 saturated carbocycles. The number of para-hydroxylation sites is 2. The van der Waals surface area contributed by atoms with E-state index in [1.807, 2.05) is 30.3 Å². The molecule has 0 aliphatic rings. The van der Waals surface area contributed by atoms with Gasteiger partial charge in [0.25, 0.3) is 0 Å². The van der Waals surface area contributed by atoms with Crippen molar-refractivity contribution in [3.8, 4) is 0 Å². The second kappa shape index (κ2) is 6.33. The molecule has 21 heavy (non-hydrogen) atoms. The van der Waals surface area contributed by atoms with Crippen LogP contribution in [0, 0.1) is 0 Å². The number of oxazole rings is 1. The quantitative estimate of drug-likeness (QED) is 0.735. The number of hydrogen-bond acceptors (Lipinski definition) is 4. The molecular weight excluding hydrogens is 288 g/mol. The predicted molar refractivity (Wildman–Crippen MR) is 82.5 cm³/mol. The van der Waals surface area contributed by atoms with Gasteiger partial charge in [-0.1, -0.05) is 19.1 Å². The van der Waals surface area contributed by atoms with Crippen molar-refractivity contribution in [2.24, 2.45) is 0 Å². The molecule has 1 unspecified atom stereocenters. The summed E-state index contributed by atoms with van der Waals surface area (Å²) in [6.07, 6.45) is 3.28. The molecule has 0 radical (unpaired) electrons. The molecule has 1 N–H and O–H groups in total. The lowest BCUT2D eigenvalue weighted by molar-refractivity contribution is 0.450. The maximum Gasteiger partial charge on any atom is 0.197 e. The normalized spacial score (nSPS) is 12.9. The zero-order valence-corrected chi connectivity index (χ0v) is 12.6. The largest absolute Gasteiger partial charge is 0.453 e. The fourth-order valence-corrected chi connectivity index (χ4v) is 2.59. The SMILES string of the molecule is CCCNC(Cc1nc2ccccc2o1)c1ccoc1Cl. The molecule has 2 aromatic heterocycles. The van der Waals surface area contributed by atoms with Crippen molar-refractivity contribution < 1.29 is 8.83 Å². The minimum Gasteiger partial charge on any atom is -0.453 e. The topological polar surface area (TPSA) is 51.2 Å². The first-order valence-corrected chi connectivity index (χ1v) is 7.46. The van der Waals surface area contributed by atoms with Crippen LogP contribution in [0.5, 0.6) is 0 Å². The van der Waals surface area contributed by atoms with Gasteiger partial charge in [0.15, 0.2) is 16.7 Å². The Labute approximate surface area is 128 Å². The number of furan rings is 1. The van der Waals surface area contributed by atoms with Gasteiger partial charge in [0.2, 0.25) is 0 Å². The van der Waals surface area contributed by atoms with Crippen molar-refractivity contribution in [3.05, 3.63) is 53.3 Å². The Morgan fingerprint density at radius 1 is 1.29 bits per heavy atom. The molecule has 3 aromatic rings. The van der Waals surface area contributed by atoms with E-state index in [1.165, 1.54) is 0 Å². The van der Waals surface area contributed by atoms with Crippen LogP contribution in [0.1, 0.15) is 30.8 Å². The van der Waals surface area contributed by atoms with Gasteiger partial charge in [0.05, 0.1) is 6.26 Å². The Balaban J connectivity index is 1.85. The zero-order chi connectivity index (χ0) is 14.7. The Morgan fingerprint density at radius 2 is 2.14 bits per heavy atom. The van der Waals surface area contributed by atoms with E-state index in [0.29, 0.717) is 17.5 Å². The summed E-state index contributed by atoms with van der Waals surface area (Å²) in [5.41, 5.74) is 2.62. The molecule has 0 amide bonds. The van der Waals surface area contributed by atoms with Gasteiger partial charge < -0.3 is 14.2 Å². The summed E-state index contributed by atoms with van der Waals surface area (Å²) in [5, 5.41) is 3.88. The first-order valence-electron chi connectivity index (χ1n) is 7.08. The second-order valence-electron chi connectivity index (χ2n) is 4.94. The molecular formula is C16H17ClN2O2. The summed E-state index contributed by atoms with van der Waals surface area (Å²) in [4.78, 5) is 4.52. The minimum absolute atomic E-state index is 0.0317. The highest BCUT2D eigenvalue weighted by Crippen LogP contribution is 2.27. The van der Waals surface area contributed by atoms with Crippen molar-refractivity contribution in [2.75, 3.05) is 6.54 Å². The number of nitrogens with one attached hydrogen (secondary N) is 1. The molecule has 0 spiro atoms. The molecule has 110 valence electrons. The average Bonchev–Trinajstić information content (AvgIpc) is 3.08. The van der Waals surface area contributed by atoms with Crippen LogP contribution in [0.4, 0.5) is 0 Å².